The first-order valence-electron chi connectivity index (χ1n) is 14.6. The second kappa shape index (κ2) is 13.9. The summed E-state index contributed by atoms with van der Waals surface area (Å²) in [6.45, 7) is 4.59. The highest BCUT2D eigenvalue weighted by molar-refractivity contribution is 5.66. The SMILES string of the molecule is CCCOc1ccc(C2CCC(CC/C=C/C3CC=C(c4ccc(CCC)cc4)CC3)CC2)c(F)c1F. The number of halogens is 2. The zero-order chi connectivity index (χ0) is 26.0. The lowest BCUT2D eigenvalue weighted by atomic mass is 9.77. The average Bonchev–Trinajstić information content (AvgIpc) is 2.93. The highest BCUT2D eigenvalue weighted by atomic mass is 19.2. The maximum Gasteiger partial charge on any atom is 0.200 e. The molecule has 1 atom stereocenters. The van der Waals surface area contributed by atoms with Crippen molar-refractivity contribution in [1.82, 2.24) is 0 Å². The molecule has 2 aromatic rings. The van der Waals surface area contributed by atoms with E-state index in [-0.39, 0.29) is 11.7 Å². The predicted molar refractivity (Wildman–Crippen MR) is 151 cm³/mol. The quantitative estimate of drug-likeness (QED) is 0.275. The van der Waals surface area contributed by atoms with Crippen LogP contribution < -0.4 is 4.74 Å². The molecule has 1 unspecified atom stereocenters. The van der Waals surface area contributed by atoms with Crippen LogP contribution in [-0.2, 0) is 6.42 Å². The van der Waals surface area contributed by atoms with Gasteiger partial charge in [0.1, 0.15) is 0 Å². The zero-order valence-electron chi connectivity index (χ0n) is 22.8. The average molecular weight is 507 g/mol. The molecule has 1 saturated carbocycles. The van der Waals surface area contributed by atoms with E-state index in [1.54, 1.807) is 12.1 Å². The first kappa shape index (κ1) is 27.6. The third-order valence-corrected chi connectivity index (χ3v) is 8.29. The Labute approximate surface area is 223 Å². The van der Waals surface area contributed by atoms with Gasteiger partial charge in [-0.1, -0.05) is 68.8 Å². The largest absolute Gasteiger partial charge is 0.490 e. The normalized spacial score (nSPS) is 22.3. The standard InChI is InChI=1S/C34H44F2O/c1-3-7-25-10-16-28(17-11-25)29-18-12-26(13-19-29)8-5-6-9-27-14-20-30(21-15-27)31-22-23-32(37-24-4-2)34(36)33(31)35/h5,8,10-11,16-18,22-23,26-27,30H,3-4,6-7,9,12-15,19-21,24H2,1-2H3/b8-5+. The Kier molecular flexibility index (Phi) is 10.4. The van der Waals surface area contributed by atoms with E-state index in [9.17, 15) is 8.78 Å². The second-order valence-corrected chi connectivity index (χ2v) is 11.1. The molecule has 0 aliphatic heterocycles. The van der Waals surface area contributed by atoms with E-state index in [0.717, 1.165) is 57.8 Å². The van der Waals surface area contributed by atoms with Crippen LogP contribution in [0.15, 0.2) is 54.6 Å². The van der Waals surface area contributed by atoms with E-state index in [1.807, 2.05) is 6.92 Å². The lowest BCUT2D eigenvalue weighted by Gasteiger charge is -2.29. The van der Waals surface area contributed by atoms with Crippen molar-refractivity contribution in [2.45, 2.75) is 96.8 Å². The van der Waals surface area contributed by atoms with Crippen LogP contribution in [0.3, 0.4) is 0 Å². The topological polar surface area (TPSA) is 9.23 Å². The molecule has 0 radical (unpaired) electrons. The summed E-state index contributed by atoms with van der Waals surface area (Å²) in [6, 6.07) is 12.5. The maximum absolute atomic E-state index is 14.7. The van der Waals surface area contributed by atoms with Gasteiger partial charge in [-0.25, -0.2) is 4.39 Å². The summed E-state index contributed by atoms with van der Waals surface area (Å²) in [5.41, 5.74) is 4.86. The first-order chi connectivity index (χ1) is 18.1. The molecule has 3 heteroatoms. The van der Waals surface area contributed by atoms with Crippen LogP contribution >= 0.6 is 0 Å². The summed E-state index contributed by atoms with van der Waals surface area (Å²) < 4.78 is 34.4. The van der Waals surface area contributed by atoms with E-state index < -0.39 is 11.6 Å². The highest BCUT2D eigenvalue weighted by Gasteiger charge is 2.26. The summed E-state index contributed by atoms with van der Waals surface area (Å²) in [6.07, 6.45) is 20.3. The minimum absolute atomic E-state index is 0.0364. The Morgan fingerprint density at radius 3 is 2.35 bits per heavy atom. The fourth-order valence-corrected chi connectivity index (χ4v) is 6.03. The van der Waals surface area contributed by atoms with E-state index in [2.05, 4.69) is 49.4 Å². The Balaban J connectivity index is 1.18. The number of benzene rings is 2. The van der Waals surface area contributed by atoms with Gasteiger partial charge in [0.25, 0.3) is 0 Å². The number of hydrogen-bond acceptors (Lipinski definition) is 1. The summed E-state index contributed by atoms with van der Waals surface area (Å²) in [5.74, 6) is -0.0386. The van der Waals surface area contributed by atoms with Crippen LogP contribution in [0.2, 0.25) is 0 Å². The van der Waals surface area contributed by atoms with Crippen molar-refractivity contribution in [3.05, 3.63) is 83.0 Å². The molecule has 0 bridgehead atoms. The monoisotopic (exact) mass is 506 g/mol. The Morgan fingerprint density at radius 2 is 1.68 bits per heavy atom. The van der Waals surface area contributed by atoms with Crippen molar-refractivity contribution in [3.8, 4) is 5.75 Å². The van der Waals surface area contributed by atoms with Crippen LogP contribution in [0, 0.1) is 23.5 Å². The van der Waals surface area contributed by atoms with E-state index >= 15 is 0 Å². The van der Waals surface area contributed by atoms with Gasteiger partial charge in [0, 0.05) is 0 Å². The van der Waals surface area contributed by atoms with Gasteiger partial charge in [-0.15, -0.1) is 0 Å². The maximum atomic E-state index is 14.7. The third kappa shape index (κ3) is 7.55. The van der Waals surface area contributed by atoms with Crippen molar-refractivity contribution in [1.29, 1.82) is 0 Å². The molecule has 0 spiro atoms. The van der Waals surface area contributed by atoms with Crippen molar-refractivity contribution in [3.63, 3.8) is 0 Å². The molecule has 1 fully saturated rings. The van der Waals surface area contributed by atoms with E-state index in [1.165, 1.54) is 36.0 Å². The molecule has 2 aliphatic rings. The molecule has 0 aromatic heterocycles. The number of rotatable bonds is 11. The fourth-order valence-electron chi connectivity index (χ4n) is 6.03. The van der Waals surface area contributed by atoms with Crippen molar-refractivity contribution >= 4 is 5.57 Å². The van der Waals surface area contributed by atoms with Crippen LogP contribution in [0.4, 0.5) is 8.78 Å². The van der Waals surface area contributed by atoms with Crippen molar-refractivity contribution in [2.75, 3.05) is 6.61 Å². The molecule has 1 nitrogen and oxygen atoms in total. The van der Waals surface area contributed by atoms with Crippen molar-refractivity contribution < 1.29 is 13.5 Å². The molecular formula is C34H44F2O. The molecule has 4 rings (SSSR count). The van der Waals surface area contributed by atoms with Gasteiger partial charge in [-0.05, 0) is 117 Å². The third-order valence-electron chi connectivity index (χ3n) is 8.29. The minimum Gasteiger partial charge on any atom is -0.490 e. The van der Waals surface area contributed by atoms with Gasteiger partial charge in [-0.3, -0.25) is 0 Å². The molecule has 0 amide bonds. The number of ether oxygens (including phenoxy) is 1. The predicted octanol–water partition coefficient (Wildman–Crippen LogP) is 10.2. The van der Waals surface area contributed by atoms with Gasteiger partial charge in [0.15, 0.2) is 11.6 Å². The summed E-state index contributed by atoms with van der Waals surface area (Å²) in [7, 11) is 0. The molecule has 0 saturated heterocycles. The smallest absolute Gasteiger partial charge is 0.200 e. The number of hydrogen-bond donors (Lipinski definition) is 0. The van der Waals surface area contributed by atoms with Gasteiger partial charge in [0.2, 0.25) is 5.82 Å². The molecular weight excluding hydrogens is 462 g/mol. The van der Waals surface area contributed by atoms with Gasteiger partial charge in [0.05, 0.1) is 6.61 Å². The van der Waals surface area contributed by atoms with Gasteiger partial charge < -0.3 is 4.74 Å². The van der Waals surface area contributed by atoms with Gasteiger partial charge in [-0.2, -0.15) is 4.39 Å². The fraction of sp³-hybridized carbons (Fsp3) is 0.529. The second-order valence-electron chi connectivity index (χ2n) is 11.1. The van der Waals surface area contributed by atoms with Gasteiger partial charge >= 0.3 is 0 Å². The van der Waals surface area contributed by atoms with E-state index in [0.29, 0.717) is 24.0 Å². The molecule has 2 aliphatic carbocycles. The molecule has 200 valence electrons. The highest BCUT2D eigenvalue weighted by Crippen LogP contribution is 2.40. The summed E-state index contributed by atoms with van der Waals surface area (Å²) >= 11 is 0. The van der Waals surface area contributed by atoms with Crippen LogP contribution in [-0.4, -0.2) is 6.61 Å². The number of aryl methyl sites for hydroxylation is 1. The minimum atomic E-state index is -0.826. The van der Waals surface area contributed by atoms with Crippen LogP contribution in [0.1, 0.15) is 107 Å². The molecule has 0 heterocycles. The Morgan fingerprint density at radius 1 is 0.892 bits per heavy atom. The molecule has 2 aromatic carbocycles. The summed E-state index contributed by atoms with van der Waals surface area (Å²) in [5, 5.41) is 0. The van der Waals surface area contributed by atoms with E-state index in [4.69, 9.17) is 4.74 Å². The summed E-state index contributed by atoms with van der Waals surface area (Å²) in [4.78, 5) is 0. The Bertz CT molecular complexity index is 1040. The lowest BCUT2D eigenvalue weighted by Crippen LogP contribution is -2.15. The first-order valence-corrected chi connectivity index (χ1v) is 14.6. The molecule has 0 N–H and O–H groups in total. The van der Waals surface area contributed by atoms with Crippen LogP contribution in [0.5, 0.6) is 5.75 Å². The van der Waals surface area contributed by atoms with Crippen molar-refractivity contribution in [2.24, 2.45) is 11.8 Å². The van der Waals surface area contributed by atoms with Crippen LogP contribution in [0.25, 0.3) is 5.57 Å². The Hall–Kier alpha value is -2.42. The number of allylic oxidation sites excluding steroid dienone is 4. The molecule has 37 heavy (non-hydrogen) atoms. The zero-order valence-corrected chi connectivity index (χ0v) is 22.8. The lowest BCUT2D eigenvalue weighted by molar-refractivity contribution is 0.288.